The molecule has 3 N–H and O–H groups in total. The Balaban J connectivity index is -0.000000605. The quantitative estimate of drug-likeness (QED) is 0.344. The Morgan fingerprint density at radius 1 is 1.54 bits per heavy atom. The molecule has 74 valence electrons. The zero-order valence-electron chi connectivity index (χ0n) is 9.45. The Labute approximate surface area is 102 Å². The van der Waals surface area contributed by atoms with E-state index < -0.39 is 17.7 Å². The van der Waals surface area contributed by atoms with Gasteiger partial charge in [0, 0.05) is 12.8 Å². The number of hydrogen-bond donors (Lipinski definition) is 3. The van der Waals surface area contributed by atoms with E-state index in [4.69, 9.17) is 5.11 Å². The molecule has 0 aliphatic rings. The van der Waals surface area contributed by atoms with Crippen molar-refractivity contribution in [3.05, 3.63) is 0 Å². The Hall–Kier alpha value is 0.390. The molecule has 0 aromatic carbocycles. The van der Waals surface area contributed by atoms with Crippen molar-refractivity contribution in [2.24, 2.45) is 5.92 Å². The normalized spacial score (nSPS) is 13.2. The number of rotatable bonds is 5. The summed E-state index contributed by atoms with van der Waals surface area (Å²) in [4.78, 5) is 10.4. The zero-order chi connectivity index (χ0) is 9.78. The van der Waals surface area contributed by atoms with Gasteiger partial charge < -0.3 is 16.7 Å². The standard InChI is InChI=1S/C8H16O4.Na.H/c1-3-4-8(11,12)5-6(2)7(9)10;;/h6,11-12H,3-5H2,1-2H3,(H,9,10);;/q;+1;-1. The SMILES string of the molecule is CCCC(O)(O)CC(C)C(=O)O.[H-].[Na+]. The Bertz CT molecular complexity index is 163. The summed E-state index contributed by atoms with van der Waals surface area (Å²) in [6, 6.07) is 0. The largest absolute Gasteiger partial charge is 1.00 e. The third-order valence-corrected chi connectivity index (χ3v) is 1.71. The molecule has 0 heterocycles. The third-order valence-electron chi connectivity index (χ3n) is 1.71. The van der Waals surface area contributed by atoms with Gasteiger partial charge in [-0.25, -0.2) is 0 Å². The molecular formula is C8H17NaO4. The van der Waals surface area contributed by atoms with Crippen molar-refractivity contribution in [1.82, 2.24) is 0 Å². The molecule has 0 saturated carbocycles. The van der Waals surface area contributed by atoms with Crippen LogP contribution < -0.4 is 29.6 Å². The van der Waals surface area contributed by atoms with Gasteiger partial charge in [-0.3, -0.25) is 4.79 Å². The average Bonchev–Trinajstić information content (AvgIpc) is 1.85. The van der Waals surface area contributed by atoms with Gasteiger partial charge in [0.15, 0.2) is 5.79 Å². The summed E-state index contributed by atoms with van der Waals surface area (Å²) in [5.74, 6) is -3.54. The van der Waals surface area contributed by atoms with Gasteiger partial charge in [-0.05, 0) is 0 Å². The first-order valence-corrected chi connectivity index (χ1v) is 4.06. The smallest absolute Gasteiger partial charge is 1.00 e. The van der Waals surface area contributed by atoms with Crippen LogP contribution in [0.1, 0.15) is 34.5 Å². The molecule has 1 atom stereocenters. The van der Waals surface area contributed by atoms with E-state index in [1.54, 1.807) is 0 Å². The first kappa shape index (κ1) is 15.8. The van der Waals surface area contributed by atoms with Gasteiger partial charge in [0.2, 0.25) is 0 Å². The summed E-state index contributed by atoms with van der Waals surface area (Å²) < 4.78 is 0. The Kier molecular flexibility index (Phi) is 8.27. The summed E-state index contributed by atoms with van der Waals surface area (Å²) in [5.41, 5.74) is 0. The molecule has 0 saturated heterocycles. The second kappa shape index (κ2) is 6.79. The van der Waals surface area contributed by atoms with Crippen molar-refractivity contribution in [1.29, 1.82) is 0 Å². The van der Waals surface area contributed by atoms with E-state index in [0.717, 1.165) is 0 Å². The van der Waals surface area contributed by atoms with Gasteiger partial charge in [-0.1, -0.05) is 20.3 Å². The first-order valence-electron chi connectivity index (χ1n) is 4.06. The zero-order valence-corrected chi connectivity index (χ0v) is 10.4. The molecule has 4 nitrogen and oxygen atoms in total. The third kappa shape index (κ3) is 7.46. The van der Waals surface area contributed by atoms with Crippen LogP contribution >= 0.6 is 0 Å². The minimum atomic E-state index is -1.83. The van der Waals surface area contributed by atoms with E-state index in [-0.39, 0.29) is 43.8 Å². The van der Waals surface area contributed by atoms with Gasteiger partial charge in [-0.2, -0.15) is 0 Å². The second-order valence-corrected chi connectivity index (χ2v) is 3.18. The molecule has 1 unspecified atom stereocenters. The van der Waals surface area contributed by atoms with Gasteiger partial charge in [0.05, 0.1) is 5.92 Å². The summed E-state index contributed by atoms with van der Waals surface area (Å²) in [5, 5.41) is 26.9. The maximum Gasteiger partial charge on any atom is 1.00 e. The fourth-order valence-corrected chi connectivity index (χ4v) is 1.08. The van der Waals surface area contributed by atoms with Crippen molar-refractivity contribution in [2.75, 3.05) is 0 Å². The fraction of sp³-hybridized carbons (Fsp3) is 0.875. The molecule has 0 bridgehead atoms. The number of carboxylic acids is 1. The molecule has 0 aromatic heterocycles. The van der Waals surface area contributed by atoms with Gasteiger partial charge in [0.1, 0.15) is 0 Å². The molecule has 0 spiro atoms. The van der Waals surface area contributed by atoms with Crippen molar-refractivity contribution >= 4 is 5.97 Å². The molecule has 0 aromatic rings. The van der Waals surface area contributed by atoms with Crippen LogP contribution in [-0.4, -0.2) is 27.1 Å². The summed E-state index contributed by atoms with van der Waals surface area (Å²) >= 11 is 0. The summed E-state index contributed by atoms with van der Waals surface area (Å²) in [6.45, 7) is 3.27. The van der Waals surface area contributed by atoms with E-state index >= 15 is 0 Å². The minimum Gasteiger partial charge on any atom is -1.00 e. The fourth-order valence-electron chi connectivity index (χ4n) is 1.08. The maximum absolute atomic E-state index is 10.4. The predicted octanol–water partition coefficient (Wildman–Crippen LogP) is -2.31. The van der Waals surface area contributed by atoms with Gasteiger partial charge >= 0.3 is 35.5 Å². The van der Waals surface area contributed by atoms with E-state index in [0.29, 0.717) is 6.42 Å². The molecule has 5 heteroatoms. The van der Waals surface area contributed by atoms with Crippen LogP contribution in [-0.2, 0) is 4.79 Å². The monoisotopic (exact) mass is 200 g/mol. The van der Waals surface area contributed by atoms with E-state index in [2.05, 4.69) is 0 Å². The van der Waals surface area contributed by atoms with Crippen LogP contribution in [0.25, 0.3) is 0 Å². The topological polar surface area (TPSA) is 77.8 Å². The van der Waals surface area contributed by atoms with Crippen LogP contribution in [0, 0.1) is 5.92 Å². The van der Waals surface area contributed by atoms with Crippen LogP contribution in [0.2, 0.25) is 0 Å². The maximum atomic E-state index is 10.4. The number of aliphatic carboxylic acids is 1. The first-order chi connectivity index (χ1) is 5.39. The van der Waals surface area contributed by atoms with Crippen molar-refractivity contribution in [3.8, 4) is 0 Å². The second-order valence-electron chi connectivity index (χ2n) is 3.18. The van der Waals surface area contributed by atoms with E-state index in [1.807, 2.05) is 6.92 Å². The van der Waals surface area contributed by atoms with Crippen molar-refractivity contribution < 1.29 is 51.1 Å². The predicted molar refractivity (Wildman–Crippen MR) is 44.6 cm³/mol. The average molecular weight is 200 g/mol. The molecule has 0 rings (SSSR count). The van der Waals surface area contributed by atoms with Gasteiger partial charge in [0.25, 0.3) is 0 Å². The van der Waals surface area contributed by atoms with Crippen molar-refractivity contribution in [2.45, 2.75) is 38.9 Å². The molecule has 13 heavy (non-hydrogen) atoms. The van der Waals surface area contributed by atoms with Gasteiger partial charge in [-0.15, -0.1) is 0 Å². The molecule has 0 fully saturated rings. The Morgan fingerprint density at radius 3 is 2.31 bits per heavy atom. The number of aliphatic hydroxyl groups is 2. The molecular weight excluding hydrogens is 183 g/mol. The number of carbonyl (C=O) groups is 1. The van der Waals surface area contributed by atoms with E-state index in [1.165, 1.54) is 6.92 Å². The Morgan fingerprint density at radius 2 is 2.00 bits per heavy atom. The van der Waals surface area contributed by atoms with Crippen LogP contribution in [0.3, 0.4) is 0 Å². The van der Waals surface area contributed by atoms with E-state index in [9.17, 15) is 15.0 Å². The molecule has 0 aliphatic heterocycles. The van der Waals surface area contributed by atoms with Crippen LogP contribution in [0.5, 0.6) is 0 Å². The summed E-state index contributed by atoms with van der Waals surface area (Å²) in [6.07, 6.45) is 0.722. The number of hydrogen-bond acceptors (Lipinski definition) is 3. The van der Waals surface area contributed by atoms with Crippen molar-refractivity contribution in [3.63, 3.8) is 0 Å². The van der Waals surface area contributed by atoms with Crippen LogP contribution in [0.15, 0.2) is 0 Å². The summed E-state index contributed by atoms with van der Waals surface area (Å²) in [7, 11) is 0. The number of carboxylic acid groups (broad SMARTS) is 1. The van der Waals surface area contributed by atoms with Crippen LogP contribution in [0.4, 0.5) is 0 Å². The molecule has 0 aliphatic carbocycles. The minimum absolute atomic E-state index is 0. The molecule has 0 radical (unpaired) electrons. The molecule has 0 amide bonds.